The highest BCUT2D eigenvalue weighted by molar-refractivity contribution is 5.25. The minimum absolute atomic E-state index is 0.800. The molecule has 0 amide bonds. The number of nitrogens with two attached hydrogens (primary N) is 1. The number of H-pyrrole nitrogens is 1. The SMILES string of the molecule is CC#CC1(N)[C@@H](O)[C@@H]([C@H](C)O)O[C@H]1n1cnc(=O)[nH]c1=O. The molecule has 1 aromatic heterocycles. The third kappa shape index (κ3) is 2.50. The molecule has 0 saturated carbocycles. The monoisotopic (exact) mass is 296 g/mol. The standard InChI is InChI=1S/C12H16N4O5/c1-3-4-12(13)8(18)7(6(2)17)21-9(12)16-5-14-10(19)15-11(16)20/h5-9,17-18H,13H2,1-2H3,(H,15,19,20)/t6-,7+,8-,9+,12?/m0/s1. The van der Waals surface area contributed by atoms with Crippen molar-refractivity contribution in [3.8, 4) is 11.8 Å². The van der Waals surface area contributed by atoms with Crippen molar-refractivity contribution < 1.29 is 14.9 Å². The molecular formula is C12H16N4O5. The van der Waals surface area contributed by atoms with Crippen molar-refractivity contribution in [1.29, 1.82) is 0 Å². The first-order chi connectivity index (χ1) is 9.81. The third-order valence-corrected chi connectivity index (χ3v) is 3.31. The molecule has 0 aliphatic carbocycles. The second-order valence-electron chi connectivity index (χ2n) is 4.83. The Kier molecular flexibility index (Phi) is 3.97. The van der Waals surface area contributed by atoms with Crippen LogP contribution in [0.3, 0.4) is 0 Å². The van der Waals surface area contributed by atoms with Crippen LogP contribution in [0.25, 0.3) is 0 Å². The van der Waals surface area contributed by atoms with Crippen LogP contribution in [0.4, 0.5) is 0 Å². The number of aromatic amines is 1. The van der Waals surface area contributed by atoms with Gasteiger partial charge in [0, 0.05) is 0 Å². The molecule has 114 valence electrons. The highest BCUT2D eigenvalue weighted by atomic mass is 16.5. The second-order valence-corrected chi connectivity index (χ2v) is 4.83. The Hall–Kier alpha value is -1.99. The molecule has 9 heteroatoms. The van der Waals surface area contributed by atoms with Gasteiger partial charge in [0.25, 0.3) is 0 Å². The highest BCUT2D eigenvalue weighted by Crippen LogP contribution is 2.36. The lowest BCUT2D eigenvalue weighted by atomic mass is 9.90. The van der Waals surface area contributed by atoms with Gasteiger partial charge < -0.3 is 20.7 Å². The Morgan fingerprint density at radius 1 is 1.62 bits per heavy atom. The largest absolute Gasteiger partial charge is 0.391 e. The van der Waals surface area contributed by atoms with Gasteiger partial charge in [0.1, 0.15) is 18.5 Å². The Bertz CT molecular complexity index is 700. The van der Waals surface area contributed by atoms with E-state index in [0.717, 1.165) is 10.9 Å². The maximum Gasteiger partial charge on any atom is 0.350 e. The van der Waals surface area contributed by atoms with Gasteiger partial charge in [-0.25, -0.2) is 9.59 Å². The van der Waals surface area contributed by atoms with Gasteiger partial charge in [-0.1, -0.05) is 5.92 Å². The number of hydrogen-bond donors (Lipinski definition) is 4. The van der Waals surface area contributed by atoms with Crippen LogP contribution >= 0.6 is 0 Å². The molecular weight excluding hydrogens is 280 g/mol. The van der Waals surface area contributed by atoms with E-state index in [1.807, 2.05) is 4.98 Å². The van der Waals surface area contributed by atoms with E-state index in [4.69, 9.17) is 10.5 Å². The van der Waals surface area contributed by atoms with E-state index in [1.54, 1.807) is 0 Å². The molecule has 2 heterocycles. The van der Waals surface area contributed by atoms with Gasteiger partial charge in [-0.3, -0.25) is 9.55 Å². The lowest BCUT2D eigenvalue weighted by Gasteiger charge is -2.27. The van der Waals surface area contributed by atoms with E-state index >= 15 is 0 Å². The zero-order chi connectivity index (χ0) is 15.8. The summed E-state index contributed by atoms with van der Waals surface area (Å²) in [6.07, 6.45) is -3.62. The van der Waals surface area contributed by atoms with E-state index in [-0.39, 0.29) is 0 Å². The summed E-state index contributed by atoms with van der Waals surface area (Å²) < 4.78 is 6.41. The second kappa shape index (κ2) is 5.42. The summed E-state index contributed by atoms with van der Waals surface area (Å²) in [5.41, 5.74) is 2.85. The van der Waals surface area contributed by atoms with Gasteiger partial charge in [0.2, 0.25) is 0 Å². The van der Waals surface area contributed by atoms with E-state index in [1.165, 1.54) is 13.8 Å². The van der Waals surface area contributed by atoms with Crippen LogP contribution in [0.1, 0.15) is 20.1 Å². The van der Waals surface area contributed by atoms with Crippen LogP contribution in [0.15, 0.2) is 15.9 Å². The van der Waals surface area contributed by atoms with E-state index in [0.29, 0.717) is 0 Å². The fourth-order valence-electron chi connectivity index (χ4n) is 2.30. The van der Waals surface area contributed by atoms with Crippen LogP contribution < -0.4 is 17.1 Å². The Balaban J connectivity index is 2.56. The number of hydrogen-bond acceptors (Lipinski definition) is 7. The minimum atomic E-state index is -1.62. The number of nitrogens with one attached hydrogen (secondary N) is 1. The first-order valence-corrected chi connectivity index (χ1v) is 6.23. The van der Waals surface area contributed by atoms with Gasteiger partial charge in [0.15, 0.2) is 11.8 Å². The van der Waals surface area contributed by atoms with Crippen LogP contribution in [0.5, 0.6) is 0 Å². The maximum atomic E-state index is 11.8. The Morgan fingerprint density at radius 2 is 2.29 bits per heavy atom. The molecule has 0 aromatic carbocycles. The van der Waals surface area contributed by atoms with Gasteiger partial charge in [0.05, 0.1) is 6.10 Å². The van der Waals surface area contributed by atoms with Gasteiger partial charge in [-0.05, 0) is 13.8 Å². The van der Waals surface area contributed by atoms with E-state index in [9.17, 15) is 19.8 Å². The van der Waals surface area contributed by atoms with Crippen LogP contribution in [-0.2, 0) is 4.74 Å². The fraction of sp³-hybridized carbons (Fsp3) is 0.583. The first kappa shape index (κ1) is 15.4. The van der Waals surface area contributed by atoms with Gasteiger partial charge in [-0.15, -0.1) is 5.92 Å². The molecule has 0 bridgehead atoms. The zero-order valence-electron chi connectivity index (χ0n) is 11.5. The smallest absolute Gasteiger partial charge is 0.350 e. The number of aromatic nitrogens is 3. The predicted molar refractivity (Wildman–Crippen MR) is 71.1 cm³/mol. The zero-order valence-corrected chi connectivity index (χ0v) is 11.5. The topological polar surface area (TPSA) is 143 Å². The summed E-state index contributed by atoms with van der Waals surface area (Å²) >= 11 is 0. The minimum Gasteiger partial charge on any atom is -0.391 e. The summed E-state index contributed by atoms with van der Waals surface area (Å²) in [5, 5.41) is 19.9. The summed E-state index contributed by atoms with van der Waals surface area (Å²) in [6.45, 7) is 2.94. The number of rotatable bonds is 2. The molecule has 1 aliphatic rings. The normalized spacial score (nSPS) is 33.3. The molecule has 1 fully saturated rings. The lowest BCUT2D eigenvalue weighted by Crippen LogP contribution is -2.55. The lowest BCUT2D eigenvalue weighted by molar-refractivity contribution is -0.0782. The summed E-state index contributed by atoms with van der Waals surface area (Å²) in [5.74, 6) is 5.17. The van der Waals surface area contributed by atoms with Crippen LogP contribution in [0, 0.1) is 11.8 Å². The van der Waals surface area contributed by atoms with Gasteiger partial charge in [-0.2, -0.15) is 4.98 Å². The molecule has 1 unspecified atom stereocenters. The molecule has 5 N–H and O–H groups in total. The van der Waals surface area contributed by atoms with Crippen molar-refractivity contribution in [3.63, 3.8) is 0 Å². The summed E-state index contributed by atoms with van der Waals surface area (Å²) in [7, 11) is 0. The molecule has 5 atom stereocenters. The molecule has 9 nitrogen and oxygen atoms in total. The van der Waals surface area contributed by atoms with Crippen LogP contribution in [-0.4, -0.2) is 48.6 Å². The van der Waals surface area contributed by atoms with Crippen molar-refractivity contribution in [2.24, 2.45) is 5.73 Å². The third-order valence-electron chi connectivity index (χ3n) is 3.31. The molecule has 21 heavy (non-hydrogen) atoms. The first-order valence-electron chi connectivity index (χ1n) is 6.23. The average Bonchev–Trinajstić information content (AvgIpc) is 2.64. The van der Waals surface area contributed by atoms with Crippen molar-refractivity contribution in [3.05, 3.63) is 27.3 Å². The fourth-order valence-corrected chi connectivity index (χ4v) is 2.30. The summed E-state index contributed by atoms with van der Waals surface area (Å²) in [4.78, 5) is 28.3. The van der Waals surface area contributed by atoms with E-state index in [2.05, 4.69) is 16.8 Å². The number of nitrogens with zero attached hydrogens (tertiary/aromatic N) is 2. The molecule has 2 rings (SSSR count). The maximum absolute atomic E-state index is 11.8. The number of aliphatic hydroxyl groups is 2. The van der Waals surface area contributed by atoms with Crippen molar-refractivity contribution >= 4 is 0 Å². The molecule has 1 aromatic rings. The predicted octanol–water partition coefficient (Wildman–Crippen LogP) is -2.71. The summed E-state index contributed by atoms with van der Waals surface area (Å²) in [6, 6.07) is 0. The van der Waals surface area contributed by atoms with Crippen LogP contribution in [0.2, 0.25) is 0 Å². The molecule has 0 spiro atoms. The molecule has 1 saturated heterocycles. The molecule has 0 radical (unpaired) electrons. The van der Waals surface area contributed by atoms with E-state index < -0.39 is 41.5 Å². The highest BCUT2D eigenvalue weighted by Gasteiger charge is 2.55. The Labute approximate surface area is 119 Å². The number of ether oxygens (including phenoxy) is 1. The quantitative estimate of drug-likeness (QED) is 0.434. The van der Waals surface area contributed by atoms with Crippen molar-refractivity contribution in [2.75, 3.05) is 0 Å². The number of aliphatic hydroxyl groups excluding tert-OH is 2. The van der Waals surface area contributed by atoms with Gasteiger partial charge >= 0.3 is 11.4 Å². The van der Waals surface area contributed by atoms with Crippen molar-refractivity contribution in [2.45, 2.75) is 43.9 Å². The Morgan fingerprint density at radius 3 is 2.81 bits per heavy atom. The molecule has 1 aliphatic heterocycles. The van der Waals surface area contributed by atoms with Crippen molar-refractivity contribution in [1.82, 2.24) is 14.5 Å². The average molecular weight is 296 g/mol.